The summed E-state index contributed by atoms with van der Waals surface area (Å²) >= 11 is 1.59. The molecule has 0 radical (unpaired) electrons. The number of amides is 1. The van der Waals surface area contributed by atoms with Gasteiger partial charge >= 0.3 is 8.03 Å². The molecule has 0 aliphatic rings. The van der Waals surface area contributed by atoms with Gasteiger partial charge < -0.3 is 11.1 Å². The summed E-state index contributed by atoms with van der Waals surface area (Å²) in [5, 5.41) is 4.82. The predicted molar refractivity (Wildman–Crippen MR) is 135 cm³/mol. The van der Waals surface area contributed by atoms with Gasteiger partial charge in [-0.25, -0.2) is 8.42 Å². The molecule has 1 amide bonds. The lowest BCUT2D eigenvalue weighted by Crippen LogP contribution is -2.16. The van der Waals surface area contributed by atoms with Crippen LogP contribution in [0.4, 0.5) is 11.4 Å². The Balaban J connectivity index is 1.68. The summed E-state index contributed by atoms with van der Waals surface area (Å²) in [5.41, 5.74) is 8.47. The molecule has 1 heterocycles. The van der Waals surface area contributed by atoms with Crippen LogP contribution < -0.4 is 11.1 Å². The minimum atomic E-state index is -3.21. The van der Waals surface area contributed by atoms with Gasteiger partial charge in [0.2, 0.25) is 0 Å². The molecule has 0 aliphatic carbocycles. The summed E-state index contributed by atoms with van der Waals surface area (Å²) < 4.78 is 35.2. The van der Waals surface area contributed by atoms with Crippen molar-refractivity contribution in [3.63, 3.8) is 0 Å². The van der Waals surface area contributed by atoms with Crippen LogP contribution in [0.1, 0.15) is 29.3 Å². The number of thiophene rings is 1. The van der Waals surface area contributed by atoms with Crippen molar-refractivity contribution >= 4 is 46.5 Å². The molecule has 10 heteroatoms. The minimum Gasteiger partial charge on any atom is -0.397 e. The second-order valence-corrected chi connectivity index (χ2v) is 12.4. The molecule has 0 saturated carbocycles. The third kappa shape index (κ3) is 6.95. The lowest BCUT2D eigenvalue weighted by Gasteiger charge is -2.11. The van der Waals surface area contributed by atoms with Crippen molar-refractivity contribution < 1.29 is 22.7 Å². The molecular formula is C23H26N2O5PS2+. The van der Waals surface area contributed by atoms with E-state index in [2.05, 4.69) is 5.32 Å². The zero-order valence-corrected chi connectivity index (χ0v) is 20.6. The largest absolute Gasteiger partial charge is 0.509 e. The predicted octanol–water partition coefficient (Wildman–Crippen LogP) is 4.72. The van der Waals surface area contributed by atoms with Gasteiger partial charge in [-0.15, -0.1) is 11.3 Å². The number of carbonyl (C=O) groups is 1. The van der Waals surface area contributed by atoms with E-state index in [-0.39, 0.29) is 30.3 Å². The highest BCUT2D eigenvalue weighted by Gasteiger charge is 2.30. The van der Waals surface area contributed by atoms with E-state index in [4.69, 9.17) is 5.73 Å². The molecule has 0 spiro atoms. The average Bonchev–Trinajstić information content (AvgIpc) is 3.33. The van der Waals surface area contributed by atoms with Gasteiger partial charge in [-0.05, 0) is 51.4 Å². The molecule has 0 saturated heterocycles. The highest BCUT2D eigenvalue weighted by atomic mass is 32.2. The Morgan fingerprint density at radius 1 is 1.18 bits per heavy atom. The monoisotopic (exact) mass is 505 g/mol. The number of anilines is 2. The fourth-order valence-corrected chi connectivity index (χ4v) is 5.82. The number of nitrogens with two attached hydrogens (primary N) is 1. The van der Waals surface area contributed by atoms with Crippen LogP contribution in [0.2, 0.25) is 0 Å². The van der Waals surface area contributed by atoms with Gasteiger partial charge in [0.1, 0.15) is 9.84 Å². The average molecular weight is 506 g/mol. The molecule has 4 N–H and O–H groups in total. The van der Waals surface area contributed by atoms with Gasteiger partial charge in [-0.3, -0.25) is 4.79 Å². The second kappa shape index (κ2) is 11.0. The van der Waals surface area contributed by atoms with Crippen LogP contribution in [0.15, 0.2) is 60.0 Å². The maximum absolute atomic E-state index is 12.7. The SMILES string of the molecule is CCS(=O)(=O)CCC(Cc1ccc(C(=O)Nc2cc(-c3cccs3)ccc2N)cc1)[P+](=O)O. The lowest BCUT2D eigenvalue weighted by molar-refractivity contribution is 0.102. The molecule has 1 aromatic heterocycles. The quantitative estimate of drug-likeness (QED) is 0.270. The molecule has 3 rings (SSSR count). The molecular weight excluding hydrogens is 479 g/mol. The van der Waals surface area contributed by atoms with Gasteiger partial charge in [0, 0.05) is 29.0 Å². The van der Waals surface area contributed by atoms with Crippen molar-refractivity contribution in [2.75, 3.05) is 22.6 Å². The molecule has 0 aliphatic heterocycles. The second-order valence-electron chi connectivity index (χ2n) is 7.62. The lowest BCUT2D eigenvalue weighted by atomic mass is 10.1. The van der Waals surface area contributed by atoms with E-state index in [0.29, 0.717) is 16.9 Å². The van der Waals surface area contributed by atoms with Gasteiger partial charge in [0.05, 0.1) is 17.1 Å². The van der Waals surface area contributed by atoms with Crippen molar-refractivity contribution in [1.82, 2.24) is 0 Å². The van der Waals surface area contributed by atoms with Crippen molar-refractivity contribution in [3.8, 4) is 10.4 Å². The molecule has 3 aromatic rings. The van der Waals surface area contributed by atoms with Gasteiger partial charge in [0.25, 0.3) is 5.91 Å². The van der Waals surface area contributed by atoms with Gasteiger partial charge in [-0.1, -0.05) is 31.2 Å². The van der Waals surface area contributed by atoms with E-state index >= 15 is 0 Å². The fourth-order valence-electron chi connectivity index (χ4n) is 3.27. The normalized spacial score (nSPS) is 12.8. The molecule has 33 heavy (non-hydrogen) atoms. The third-order valence-electron chi connectivity index (χ3n) is 5.31. The smallest absolute Gasteiger partial charge is 0.397 e. The number of nitrogen functional groups attached to an aromatic ring is 1. The molecule has 7 nitrogen and oxygen atoms in total. The van der Waals surface area contributed by atoms with Crippen LogP contribution in [-0.2, 0) is 20.8 Å². The Labute approximate surface area is 198 Å². The summed E-state index contributed by atoms with van der Waals surface area (Å²) in [6.07, 6.45) is 0.368. The number of sulfone groups is 1. The zero-order chi connectivity index (χ0) is 24.0. The first-order chi connectivity index (χ1) is 15.7. The fraction of sp³-hybridized carbons (Fsp3) is 0.261. The van der Waals surface area contributed by atoms with Crippen LogP contribution in [0.25, 0.3) is 10.4 Å². The third-order valence-corrected chi connectivity index (χ3v) is 9.03. The minimum absolute atomic E-state index is 0.00644. The highest BCUT2D eigenvalue weighted by molar-refractivity contribution is 7.91. The summed E-state index contributed by atoms with van der Waals surface area (Å²) in [6.45, 7) is 1.55. The summed E-state index contributed by atoms with van der Waals surface area (Å²) in [6, 6.07) is 16.1. The maximum Gasteiger partial charge on any atom is 0.509 e. The first-order valence-electron chi connectivity index (χ1n) is 10.4. The zero-order valence-electron chi connectivity index (χ0n) is 18.1. The van der Waals surface area contributed by atoms with Crippen molar-refractivity contribution in [2.24, 2.45) is 0 Å². The summed E-state index contributed by atoms with van der Waals surface area (Å²) in [4.78, 5) is 23.4. The Kier molecular flexibility index (Phi) is 8.37. The van der Waals surface area contributed by atoms with E-state index in [1.54, 1.807) is 48.6 Å². The van der Waals surface area contributed by atoms with E-state index in [1.165, 1.54) is 0 Å². The first kappa shape index (κ1) is 25.1. The van der Waals surface area contributed by atoms with Crippen molar-refractivity contribution in [1.29, 1.82) is 0 Å². The molecule has 2 atom stereocenters. The number of benzene rings is 2. The summed E-state index contributed by atoms with van der Waals surface area (Å²) in [7, 11) is -5.74. The van der Waals surface area contributed by atoms with Gasteiger partial charge in [-0.2, -0.15) is 4.89 Å². The topological polar surface area (TPSA) is 127 Å². The molecule has 0 bridgehead atoms. The van der Waals surface area contributed by atoms with Crippen LogP contribution in [0.3, 0.4) is 0 Å². The number of rotatable bonds is 10. The van der Waals surface area contributed by atoms with E-state index in [0.717, 1.165) is 16.0 Å². The molecule has 0 fully saturated rings. The van der Waals surface area contributed by atoms with E-state index in [9.17, 15) is 22.7 Å². The van der Waals surface area contributed by atoms with Crippen molar-refractivity contribution in [3.05, 3.63) is 71.1 Å². The Hall–Kier alpha value is -2.58. The maximum atomic E-state index is 12.7. The van der Waals surface area contributed by atoms with E-state index < -0.39 is 23.5 Å². The van der Waals surface area contributed by atoms with E-state index in [1.807, 2.05) is 29.6 Å². The van der Waals surface area contributed by atoms with Crippen LogP contribution in [0, 0.1) is 0 Å². The van der Waals surface area contributed by atoms with Crippen LogP contribution >= 0.6 is 19.4 Å². The number of nitrogens with one attached hydrogen (secondary N) is 1. The number of hydrogen-bond acceptors (Lipinski definition) is 6. The Morgan fingerprint density at radius 3 is 2.52 bits per heavy atom. The Morgan fingerprint density at radius 2 is 1.91 bits per heavy atom. The standard InChI is InChI=1S/C23H25N2O5PS2/c1-2-33(29,30)13-11-19(31(27)28)14-16-5-7-17(8-6-16)23(26)25-21-15-18(9-10-20(21)24)22-4-3-12-32-22/h3-10,12,15,19H,2,11,13-14,24H2,1H3,(H-,25,26,27,28)/p+1. The van der Waals surface area contributed by atoms with Crippen molar-refractivity contribution in [2.45, 2.75) is 25.4 Å². The highest BCUT2D eigenvalue weighted by Crippen LogP contribution is 2.31. The first-order valence-corrected chi connectivity index (χ1v) is 14.4. The molecule has 174 valence electrons. The molecule has 2 aromatic carbocycles. The van der Waals surface area contributed by atoms with Crippen LogP contribution in [0.5, 0.6) is 0 Å². The van der Waals surface area contributed by atoms with Crippen LogP contribution in [-0.4, -0.2) is 36.4 Å². The molecule has 2 unspecified atom stereocenters. The van der Waals surface area contributed by atoms with Gasteiger partial charge in [0.15, 0.2) is 5.66 Å². The number of hydrogen-bond donors (Lipinski definition) is 3. The Bertz CT molecular complexity index is 1230. The number of carbonyl (C=O) groups excluding carboxylic acids is 1. The summed E-state index contributed by atoms with van der Waals surface area (Å²) in [5.74, 6) is -0.440.